The standard InChI is InChI=1S/C40H66FN3O3/c1-11-13-15-16-17-30-23-37(36(41)24-35(30)28(5)6)44(34-19-20-34)38(45)32-22-31(25-43(26-32)39(46)47-40(8,9)10)29(7)42-33(18-14-12-2)21-27(3)4/h23-24,27-28,31-34,42H,7,11-22,25-26H2,1-6,8-10H3/t31-,32+,33-/m0/s1. The Hall–Kier alpha value is -2.57. The van der Waals surface area contributed by atoms with E-state index in [0.717, 1.165) is 81.0 Å². The van der Waals surface area contributed by atoms with Crippen LogP contribution in [0, 0.1) is 23.6 Å². The molecule has 0 spiro atoms. The molecule has 1 aromatic rings. The highest BCUT2D eigenvalue weighted by molar-refractivity contribution is 5.97. The zero-order valence-corrected chi connectivity index (χ0v) is 31.2. The molecule has 2 fully saturated rings. The number of carbonyl (C=O) groups is 2. The molecule has 1 N–H and O–H groups in total. The van der Waals surface area contributed by atoms with Gasteiger partial charge in [0.1, 0.15) is 11.4 Å². The summed E-state index contributed by atoms with van der Waals surface area (Å²) < 4.78 is 21.8. The normalized spacial score (nSPS) is 19.2. The first-order chi connectivity index (χ1) is 22.1. The second-order valence-electron chi connectivity index (χ2n) is 16.1. The molecule has 3 atom stereocenters. The Morgan fingerprint density at radius 1 is 1.02 bits per heavy atom. The number of hydrogen-bond donors (Lipinski definition) is 1. The van der Waals surface area contributed by atoms with Crippen LogP contribution in [-0.4, -0.2) is 47.7 Å². The summed E-state index contributed by atoms with van der Waals surface area (Å²) >= 11 is 0. The van der Waals surface area contributed by atoms with Crippen LogP contribution >= 0.6 is 0 Å². The summed E-state index contributed by atoms with van der Waals surface area (Å²) in [5, 5.41) is 3.72. The van der Waals surface area contributed by atoms with E-state index >= 15 is 4.39 Å². The van der Waals surface area contributed by atoms with Crippen molar-refractivity contribution in [2.75, 3.05) is 18.0 Å². The third-order valence-electron chi connectivity index (χ3n) is 9.54. The Morgan fingerprint density at radius 3 is 2.26 bits per heavy atom. The maximum atomic E-state index is 16.0. The number of carbonyl (C=O) groups excluding carboxylic acids is 2. The van der Waals surface area contributed by atoms with E-state index in [-0.39, 0.29) is 36.1 Å². The van der Waals surface area contributed by atoms with Gasteiger partial charge in [0, 0.05) is 36.8 Å². The van der Waals surface area contributed by atoms with E-state index in [1.807, 2.05) is 26.8 Å². The van der Waals surface area contributed by atoms with Crippen molar-refractivity contribution in [2.24, 2.45) is 17.8 Å². The molecule has 0 radical (unpaired) electrons. The molecule has 1 aliphatic carbocycles. The highest BCUT2D eigenvalue weighted by Crippen LogP contribution is 2.39. The topological polar surface area (TPSA) is 61.9 Å². The molecule has 1 aromatic carbocycles. The van der Waals surface area contributed by atoms with Crippen molar-refractivity contribution in [1.82, 2.24) is 10.2 Å². The fourth-order valence-electron chi connectivity index (χ4n) is 6.98. The molecular weight excluding hydrogens is 589 g/mol. The first-order valence-corrected chi connectivity index (χ1v) is 18.7. The van der Waals surface area contributed by atoms with Crippen LogP contribution in [0.1, 0.15) is 150 Å². The molecule has 1 saturated carbocycles. The number of unbranched alkanes of at least 4 members (excludes halogenated alkanes) is 4. The quantitative estimate of drug-likeness (QED) is 0.170. The minimum atomic E-state index is -0.657. The van der Waals surface area contributed by atoms with Crippen LogP contribution in [0.3, 0.4) is 0 Å². The SMILES string of the molecule is C=C(N[C@@H](CCCC)CC(C)C)[C@H]1C[C@@H](C(=O)N(c2cc(CCCCCC)c(C(C)C)cc2F)C2CC2)CN(C(=O)OC(C)(C)C)C1. The zero-order valence-electron chi connectivity index (χ0n) is 31.2. The largest absolute Gasteiger partial charge is 0.444 e. The number of likely N-dealkylation sites (tertiary alicyclic amines) is 1. The maximum Gasteiger partial charge on any atom is 0.410 e. The fraction of sp³-hybridized carbons (Fsp3) is 0.750. The number of benzene rings is 1. The molecule has 0 aromatic heterocycles. The van der Waals surface area contributed by atoms with Gasteiger partial charge in [0.15, 0.2) is 0 Å². The number of amides is 2. The Labute approximate surface area is 286 Å². The highest BCUT2D eigenvalue weighted by Gasteiger charge is 2.43. The average Bonchev–Trinajstić information content (AvgIpc) is 3.83. The summed E-state index contributed by atoms with van der Waals surface area (Å²) in [6.45, 7) is 23.8. The van der Waals surface area contributed by atoms with Gasteiger partial charge < -0.3 is 19.9 Å². The lowest BCUT2D eigenvalue weighted by molar-refractivity contribution is -0.124. The number of aryl methyl sites for hydroxylation is 1. The molecule has 3 rings (SSSR count). The first kappa shape index (κ1) is 38.9. The minimum Gasteiger partial charge on any atom is -0.444 e. The van der Waals surface area contributed by atoms with E-state index < -0.39 is 17.6 Å². The van der Waals surface area contributed by atoms with Crippen molar-refractivity contribution in [1.29, 1.82) is 0 Å². The van der Waals surface area contributed by atoms with Gasteiger partial charge in [-0.2, -0.15) is 0 Å². The summed E-state index contributed by atoms with van der Waals surface area (Å²) in [7, 11) is 0. The number of piperidine rings is 1. The number of hydrogen-bond acceptors (Lipinski definition) is 4. The third kappa shape index (κ3) is 11.8. The molecule has 2 amide bonds. The van der Waals surface area contributed by atoms with Gasteiger partial charge in [-0.25, -0.2) is 9.18 Å². The van der Waals surface area contributed by atoms with Crippen LogP contribution in [0.5, 0.6) is 0 Å². The lowest BCUT2D eigenvalue weighted by Crippen LogP contribution is -2.52. The van der Waals surface area contributed by atoms with E-state index in [1.54, 1.807) is 15.9 Å². The van der Waals surface area contributed by atoms with Gasteiger partial charge in [0.05, 0.1) is 11.6 Å². The molecule has 0 unspecified atom stereocenters. The maximum absolute atomic E-state index is 16.0. The van der Waals surface area contributed by atoms with E-state index in [0.29, 0.717) is 30.6 Å². The van der Waals surface area contributed by atoms with E-state index in [9.17, 15) is 9.59 Å². The monoisotopic (exact) mass is 656 g/mol. The number of nitrogens with zero attached hydrogens (tertiary/aromatic N) is 2. The predicted octanol–water partition coefficient (Wildman–Crippen LogP) is 10.1. The summed E-state index contributed by atoms with van der Waals surface area (Å²) in [5.74, 6) is -0.308. The van der Waals surface area contributed by atoms with Gasteiger partial charge in [-0.05, 0) is 101 Å². The van der Waals surface area contributed by atoms with Crippen molar-refractivity contribution in [2.45, 2.75) is 163 Å². The second-order valence-corrected chi connectivity index (χ2v) is 16.1. The number of ether oxygens (including phenoxy) is 1. The van der Waals surface area contributed by atoms with Crippen LogP contribution in [0.2, 0.25) is 0 Å². The highest BCUT2D eigenvalue weighted by atomic mass is 19.1. The fourth-order valence-corrected chi connectivity index (χ4v) is 6.98. The van der Waals surface area contributed by atoms with Crippen molar-refractivity contribution < 1.29 is 18.7 Å². The molecule has 6 nitrogen and oxygen atoms in total. The molecule has 0 bridgehead atoms. The van der Waals surface area contributed by atoms with Gasteiger partial charge in [-0.3, -0.25) is 4.79 Å². The molecule has 7 heteroatoms. The van der Waals surface area contributed by atoms with Crippen molar-refractivity contribution in [3.05, 3.63) is 41.4 Å². The number of nitrogens with one attached hydrogen (secondary N) is 1. The number of anilines is 1. The molecule has 47 heavy (non-hydrogen) atoms. The second kappa shape index (κ2) is 17.7. The van der Waals surface area contributed by atoms with Crippen molar-refractivity contribution >= 4 is 17.7 Å². The Bertz CT molecular complexity index is 1190. The predicted molar refractivity (Wildman–Crippen MR) is 193 cm³/mol. The van der Waals surface area contributed by atoms with Crippen LogP contribution < -0.4 is 10.2 Å². The molecule has 1 saturated heterocycles. The molecule has 1 heterocycles. The van der Waals surface area contributed by atoms with Crippen molar-refractivity contribution in [3.8, 4) is 0 Å². The summed E-state index contributed by atoms with van der Waals surface area (Å²) in [6.07, 6.45) is 11.6. The summed E-state index contributed by atoms with van der Waals surface area (Å²) in [6, 6.07) is 3.91. The Kier molecular flexibility index (Phi) is 14.7. The average molecular weight is 656 g/mol. The third-order valence-corrected chi connectivity index (χ3v) is 9.54. The smallest absolute Gasteiger partial charge is 0.410 e. The van der Waals surface area contributed by atoms with Gasteiger partial charge >= 0.3 is 6.09 Å². The summed E-state index contributed by atoms with van der Waals surface area (Å²) in [5.41, 5.74) is 2.78. The van der Waals surface area contributed by atoms with Crippen LogP contribution in [0.15, 0.2) is 24.4 Å². The van der Waals surface area contributed by atoms with Gasteiger partial charge in [0.2, 0.25) is 5.91 Å². The Morgan fingerprint density at radius 2 is 1.68 bits per heavy atom. The first-order valence-electron chi connectivity index (χ1n) is 18.7. The molecule has 1 aliphatic heterocycles. The van der Waals surface area contributed by atoms with Gasteiger partial charge in [-0.1, -0.05) is 80.2 Å². The van der Waals surface area contributed by atoms with E-state index in [4.69, 9.17) is 4.74 Å². The molecule has 266 valence electrons. The molecular formula is C40H66FN3O3. The lowest BCUT2D eigenvalue weighted by atomic mass is 9.85. The minimum absolute atomic E-state index is 0.0176. The van der Waals surface area contributed by atoms with E-state index in [1.165, 1.54) is 6.42 Å². The lowest BCUT2D eigenvalue weighted by Gasteiger charge is -2.41. The zero-order chi connectivity index (χ0) is 34.9. The van der Waals surface area contributed by atoms with Crippen molar-refractivity contribution in [3.63, 3.8) is 0 Å². The van der Waals surface area contributed by atoms with E-state index in [2.05, 4.69) is 53.4 Å². The summed E-state index contributed by atoms with van der Waals surface area (Å²) in [4.78, 5) is 31.5. The van der Waals surface area contributed by atoms with Gasteiger partial charge in [0.25, 0.3) is 0 Å². The van der Waals surface area contributed by atoms with Gasteiger partial charge in [-0.15, -0.1) is 0 Å². The Balaban J connectivity index is 1.94. The molecule has 2 aliphatic rings. The number of halogens is 1. The van der Waals surface area contributed by atoms with Crippen LogP contribution in [0.4, 0.5) is 14.9 Å². The number of rotatable bonds is 17. The van der Waals surface area contributed by atoms with Crippen LogP contribution in [0.25, 0.3) is 0 Å². The van der Waals surface area contributed by atoms with Crippen LogP contribution in [-0.2, 0) is 16.0 Å².